The monoisotopic (exact) mass is 327 g/mol. The highest BCUT2D eigenvalue weighted by molar-refractivity contribution is 6.35. The van der Waals surface area contributed by atoms with Gasteiger partial charge in [-0.25, -0.2) is 4.79 Å². The van der Waals surface area contributed by atoms with Crippen molar-refractivity contribution in [1.82, 2.24) is 5.32 Å². The Labute approximate surface area is 133 Å². The first kappa shape index (κ1) is 15.9. The van der Waals surface area contributed by atoms with Gasteiger partial charge in [-0.3, -0.25) is 4.79 Å². The van der Waals surface area contributed by atoms with E-state index in [9.17, 15) is 9.59 Å². The molecule has 1 amide bonds. The molecule has 0 saturated heterocycles. The summed E-state index contributed by atoms with van der Waals surface area (Å²) in [4.78, 5) is 23.3. The third kappa shape index (κ3) is 5.06. The molecule has 2 rings (SSSR count). The van der Waals surface area contributed by atoms with Gasteiger partial charge in [0.2, 0.25) is 0 Å². The second-order valence-electron chi connectivity index (χ2n) is 4.86. The Morgan fingerprint density at radius 3 is 2.71 bits per heavy atom. The molecule has 0 spiro atoms. The van der Waals surface area contributed by atoms with E-state index in [1.165, 1.54) is 12.2 Å². The number of ether oxygens (including phenoxy) is 1. The summed E-state index contributed by atoms with van der Waals surface area (Å²) in [6.45, 7) is 1.54. The molecule has 1 atom stereocenters. The molecular weight excluding hydrogens is 313 g/mol. The summed E-state index contributed by atoms with van der Waals surface area (Å²) in [5.41, 5.74) is 0.646. The van der Waals surface area contributed by atoms with E-state index in [-0.39, 0.29) is 11.9 Å². The Morgan fingerprint density at radius 2 is 2.10 bits per heavy atom. The summed E-state index contributed by atoms with van der Waals surface area (Å²) in [5.74, 6) is -0.872. The van der Waals surface area contributed by atoms with Gasteiger partial charge in [-0.05, 0) is 43.5 Å². The molecule has 0 bridgehead atoms. The minimum atomic E-state index is -0.816. The third-order valence-corrected chi connectivity index (χ3v) is 3.51. The van der Waals surface area contributed by atoms with Gasteiger partial charge in [0.15, 0.2) is 6.10 Å². The van der Waals surface area contributed by atoms with Gasteiger partial charge in [0.25, 0.3) is 5.91 Å². The average Bonchev–Trinajstić information content (AvgIpc) is 3.21. The van der Waals surface area contributed by atoms with E-state index in [0.717, 1.165) is 12.8 Å². The standard InChI is InChI=1S/C15H15Cl2NO3/c1-9(15(20)18-12-5-6-12)21-14(19)7-3-10-2-4-11(16)8-13(10)17/h2-4,7-9,12H,5-6H2,1H3,(H,18,20)/b7-3+/t9-/m0/s1. The Hall–Kier alpha value is -1.52. The van der Waals surface area contributed by atoms with Crippen LogP contribution in [-0.4, -0.2) is 24.0 Å². The topological polar surface area (TPSA) is 55.4 Å². The van der Waals surface area contributed by atoms with Gasteiger partial charge < -0.3 is 10.1 Å². The molecule has 1 aromatic carbocycles. The van der Waals surface area contributed by atoms with E-state index in [0.29, 0.717) is 15.6 Å². The minimum Gasteiger partial charge on any atom is -0.449 e. The molecule has 0 heterocycles. The van der Waals surface area contributed by atoms with Crippen LogP contribution in [0.3, 0.4) is 0 Å². The highest BCUT2D eigenvalue weighted by Crippen LogP contribution is 2.22. The third-order valence-electron chi connectivity index (χ3n) is 2.95. The number of carbonyl (C=O) groups is 2. The van der Waals surface area contributed by atoms with Crippen molar-refractivity contribution in [3.8, 4) is 0 Å². The summed E-state index contributed by atoms with van der Waals surface area (Å²) < 4.78 is 5.02. The van der Waals surface area contributed by atoms with Gasteiger partial charge in [0, 0.05) is 22.2 Å². The van der Waals surface area contributed by atoms with E-state index in [4.69, 9.17) is 27.9 Å². The van der Waals surface area contributed by atoms with Crippen molar-refractivity contribution in [1.29, 1.82) is 0 Å². The Bertz CT molecular complexity index is 582. The smallest absolute Gasteiger partial charge is 0.331 e. The first-order chi connectivity index (χ1) is 9.95. The molecule has 0 aromatic heterocycles. The van der Waals surface area contributed by atoms with Crippen molar-refractivity contribution >= 4 is 41.2 Å². The predicted octanol–water partition coefficient (Wildman–Crippen LogP) is 3.22. The molecule has 1 N–H and O–H groups in total. The summed E-state index contributed by atoms with van der Waals surface area (Å²) in [6, 6.07) is 5.18. The number of hydrogen-bond acceptors (Lipinski definition) is 3. The van der Waals surface area contributed by atoms with Crippen LogP contribution in [0.25, 0.3) is 6.08 Å². The first-order valence-electron chi connectivity index (χ1n) is 6.60. The molecule has 0 radical (unpaired) electrons. The molecule has 6 heteroatoms. The van der Waals surface area contributed by atoms with Crippen LogP contribution in [-0.2, 0) is 14.3 Å². The van der Waals surface area contributed by atoms with Gasteiger partial charge in [0.1, 0.15) is 0 Å². The second kappa shape index (κ2) is 6.96. The zero-order valence-corrected chi connectivity index (χ0v) is 12.9. The largest absolute Gasteiger partial charge is 0.449 e. The highest BCUT2D eigenvalue weighted by atomic mass is 35.5. The van der Waals surface area contributed by atoms with E-state index in [1.54, 1.807) is 25.1 Å². The molecule has 4 nitrogen and oxygen atoms in total. The van der Waals surface area contributed by atoms with Crippen LogP contribution in [0.1, 0.15) is 25.3 Å². The first-order valence-corrected chi connectivity index (χ1v) is 7.35. The van der Waals surface area contributed by atoms with Crippen molar-refractivity contribution in [2.24, 2.45) is 0 Å². The van der Waals surface area contributed by atoms with Crippen LogP contribution in [0.2, 0.25) is 10.0 Å². The molecule has 0 aliphatic heterocycles. The number of hydrogen-bond donors (Lipinski definition) is 1. The quantitative estimate of drug-likeness (QED) is 0.667. The average molecular weight is 328 g/mol. The number of amides is 1. The van der Waals surface area contributed by atoms with Gasteiger partial charge >= 0.3 is 5.97 Å². The minimum absolute atomic E-state index is 0.238. The van der Waals surface area contributed by atoms with Crippen molar-refractivity contribution < 1.29 is 14.3 Å². The summed E-state index contributed by atoms with van der Waals surface area (Å²) in [7, 11) is 0. The van der Waals surface area contributed by atoms with Crippen LogP contribution < -0.4 is 5.32 Å². The number of halogens is 2. The van der Waals surface area contributed by atoms with Gasteiger partial charge in [0.05, 0.1) is 0 Å². The van der Waals surface area contributed by atoms with Crippen LogP contribution >= 0.6 is 23.2 Å². The highest BCUT2D eigenvalue weighted by Gasteiger charge is 2.26. The maximum atomic E-state index is 11.7. The Morgan fingerprint density at radius 1 is 1.38 bits per heavy atom. The number of nitrogens with one attached hydrogen (secondary N) is 1. The number of carbonyl (C=O) groups excluding carboxylic acids is 2. The maximum absolute atomic E-state index is 11.7. The summed E-state index contributed by atoms with van der Waals surface area (Å²) in [5, 5.41) is 3.73. The van der Waals surface area contributed by atoms with E-state index < -0.39 is 12.1 Å². The fourth-order valence-corrected chi connectivity index (χ4v) is 2.08. The van der Waals surface area contributed by atoms with Crippen molar-refractivity contribution in [3.05, 3.63) is 39.9 Å². The molecule has 1 saturated carbocycles. The summed E-state index contributed by atoms with van der Waals surface area (Å²) in [6.07, 6.45) is 3.91. The van der Waals surface area contributed by atoms with Crippen molar-refractivity contribution in [2.75, 3.05) is 0 Å². The molecule has 21 heavy (non-hydrogen) atoms. The van der Waals surface area contributed by atoms with Crippen LogP contribution in [0.5, 0.6) is 0 Å². The zero-order valence-electron chi connectivity index (χ0n) is 11.4. The Kier molecular flexibility index (Phi) is 5.26. The fourth-order valence-electron chi connectivity index (χ4n) is 1.61. The van der Waals surface area contributed by atoms with Crippen LogP contribution in [0, 0.1) is 0 Å². The molecule has 0 unspecified atom stereocenters. The zero-order chi connectivity index (χ0) is 15.4. The molecule has 1 aliphatic rings. The molecule has 1 aromatic rings. The van der Waals surface area contributed by atoms with Crippen molar-refractivity contribution in [2.45, 2.75) is 31.9 Å². The van der Waals surface area contributed by atoms with Crippen LogP contribution in [0.15, 0.2) is 24.3 Å². The normalized spacial score (nSPS) is 15.8. The number of esters is 1. The Balaban J connectivity index is 1.88. The van der Waals surface area contributed by atoms with Gasteiger partial charge in [-0.2, -0.15) is 0 Å². The SMILES string of the molecule is C[C@H](OC(=O)/C=C/c1ccc(Cl)cc1Cl)C(=O)NC1CC1. The van der Waals surface area contributed by atoms with E-state index in [1.807, 2.05) is 0 Å². The molecular formula is C15H15Cl2NO3. The predicted molar refractivity (Wildman–Crippen MR) is 82.2 cm³/mol. The van der Waals surface area contributed by atoms with Crippen LogP contribution in [0.4, 0.5) is 0 Å². The lowest BCUT2D eigenvalue weighted by Gasteiger charge is -2.11. The lowest BCUT2D eigenvalue weighted by atomic mass is 10.2. The van der Waals surface area contributed by atoms with Gasteiger partial charge in [-0.15, -0.1) is 0 Å². The molecule has 112 valence electrons. The lowest BCUT2D eigenvalue weighted by molar-refractivity contribution is -0.150. The van der Waals surface area contributed by atoms with Crippen molar-refractivity contribution in [3.63, 3.8) is 0 Å². The number of benzene rings is 1. The fraction of sp³-hybridized carbons (Fsp3) is 0.333. The number of rotatable bonds is 5. The second-order valence-corrected chi connectivity index (χ2v) is 5.70. The van der Waals surface area contributed by atoms with Gasteiger partial charge in [-0.1, -0.05) is 29.3 Å². The van der Waals surface area contributed by atoms with E-state index >= 15 is 0 Å². The maximum Gasteiger partial charge on any atom is 0.331 e. The lowest BCUT2D eigenvalue weighted by Crippen LogP contribution is -2.36. The van der Waals surface area contributed by atoms with E-state index in [2.05, 4.69) is 5.32 Å². The molecule has 1 fully saturated rings. The summed E-state index contributed by atoms with van der Waals surface area (Å²) >= 11 is 11.8. The molecule has 1 aliphatic carbocycles.